The Morgan fingerprint density at radius 2 is 2.15 bits per heavy atom. The summed E-state index contributed by atoms with van der Waals surface area (Å²) in [7, 11) is 1.39. The standard InChI is InChI=1S/C14H18O6/c1-7(15)5-14(19)6-11(17)12-9(13(14)18)3-8(20-2)4-10(12)16/h3-4,7,13,15-16,18-19H,5-6H2,1-2H3. The summed E-state index contributed by atoms with van der Waals surface area (Å²) in [5.74, 6) is -0.495. The first-order valence-corrected chi connectivity index (χ1v) is 6.31. The van der Waals surface area contributed by atoms with E-state index in [4.69, 9.17) is 4.74 Å². The quantitative estimate of drug-likeness (QED) is 0.644. The van der Waals surface area contributed by atoms with Crippen LogP contribution in [0.25, 0.3) is 0 Å². The molecule has 0 spiro atoms. The molecule has 0 radical (unpaired) electrons. The topological polar surface area (TPSA) is 107 Å². The molecule has 6 heteroatoms. The maximum atomic E-state index is 12.1. The van der Waals surface area contributed by atoms with Crippen LogP contribution in [0.1, 0.15) is 41.8 Å². The van der Waals surface area contributed by atoms with E-state index in [0.717, 1.165) is 0 Å². The van der Waals surface area contributed by atoms with Crippen molar-refractivity contribution in [1.29, 1.82) is 0 Å². The van der Waals surface area contributed by atoms with Gasteiger partial charge in [0.15, 0.2) is 5.78 Å². The third kappa shape index (κ3) is 2.37. The number of ether oxygens (including phenoxy) is 1. The molecule has 4 N–H and O–H groups in total. The molecule has 3 atom stereocenters. The summed E-state index contributed by atoms with van der Waals surface area (Å²) in [4.78, 5) is 12.1. The SMILES string of the molecule is COc1cc(O)c2c(c1)C(O)C(O)(CC(C)O)CC2=O. The molecule has 1 aliphatic rings. The van der Waals surface area contributed by atoms with Crippen molar-refractivity contribution in [3.05, 3.63) is 23.3 Å². The molecule has 0 saturated heterocycles. The Labute approximate surface area is 116 Å². The Morgan fingerprint density at radius 3 is 2.70 bits per heavy atom. The van der Waals surface area contributed by atoms with Gasteiger partial charge in [0.25, 0.3) is 0 Å². The Balaban J connectivity index is 2.54. The lowest BCUT2D eigenvalue weighted by Crippen LogP contribution is -2.45. The molecule has 0 heterocycles. The summed E-state index contributed by atoms with van der Waals surface area (Å²) in [6, 6.07) is 2.69. The van der Waals surface area contributed by atoms with Crippen molar-refractivity contribution in [3.63, 3.8) is 0 Å². The number of phenols is 1. The number of carbonyl (C=O) groups excluding carboxylic acids is 1. The fourth-order valence-electron chi connectivity index (χ4n) is 2.71. The van der Waals surface area contributed by atoms with Crippen molar-refractivity contribution in [2.24, 2.45) is 0 Å². The number of methoxy groups -OCH3 is 1. The maximum absolute atomic E-state index is 12.1. The Hall–Kier alpha value is -1.63. The molecule has 6 nitrogen and oxygen atoms in total. The van der Waals surface area contributed by atoms with E-state index in [-0.39, 0.29) is 35.5 Å². The number of hydrogen-bond acceptors (Lipinski definition) is 6. The lowest BCUT2D eigenvalue weighted by Gasteiger charge is -2.38. The molecule has 0 fully saturated rings. The summed E-state index contributed by atoms with van der Waals surface area (Å²) in [6.07, 6.45) is -2.75. The van der Waals surface area contributed by atoms with Gasteiger partial charge in [-0.3, -0.25) is 4.79 Å². The normalized spacial score (nSPS) is 27.1. The number of aliphatic hydroxyl groups excluding tert-OH is 2. The molecule has 110 valence electrons. The number of carbonyl (C=O) groups is 1. The zero-order valence-electron chi connectivity index (χ0n) is 11.3. The van der Waals surface area contributed by atoms with Gasteiger partial charge in [0.2, 0.25) is 0 Å². The molecular formula is C14H18O6. The molecule has 1 aromatic carbocycles. The first-order chi connectivity index (χ1) is 9.28. The molecule has 0 aromatic heterocycles. The number of Topliss-reactive ketones (excluding diaryl/α,β-unsaturated/α-hetero) is 1. The summed E-state index contributed by atoms with van der Waals surface area (Å²) in [5, 5.41) is 40.0. The third-order valence-electron chi connectivity index (χ3n) is 3.56. The van der Waals surface area contributed by atoms with Gasteiger partial charge in [0, 0.05) is 24.5 Å². The molecule has 1 aliphatic carbocycles. The number of fused-ring (bicyclic) bond motifs is 1. The predicted octanol–water partition coefficient (Wildman–Crippen LogP) is 0.523. The molecule has 0 amide bonds. The van der Waals surface area contributed by atoms with Crippen molar-refractivity contribution < 1.29 is 30.0 Å². The minimum Gasteiger partial charge on any atom is -0.507 e. The molecule has 0 aliphatic heterocycles. The molecule has 3 unspecified atom stereocenters. The fraction of sp³-hybridized carbons (Fsp3) is 0.500. The number of aliphatic hydroxyl groups is 3. The lowest BCUT2D eigenvalue weighted by molar-refractivity contribution is -0.102. The summed E-state index contributed by atoms with van der Waals surface area (Å²) < 4.78 is 4.98. The van der Waals surface area contributed by atoms with Crippen molar-refractivity contribution >= 4 is 5.78 Å². The van der Waals surface area contributed by atoms with Crippen LogP contribution < -0.4 is 4.74 Å². The smallest absolute Gasteiger partial charge is 0.169 e. The summed E-state index contributed by atoms with van der Waals surface area (Å²) in [5.41, 5.74) is -1.65. The van der Waals surface area contributed by atoms with Gasteiger partial charge in [-0.1, -0.05) is 0 Å². The maximum Gasteiger partial charge on any atom is 0.169 e. The predicted molar refractivity (Wildman–Crippen MR) is 69.8 cm³/mol. The number of benzene rings is 1. The van der Waals surface area contributed by atoms with Crippen LogP contribution in [-0.4, -0.2) is 45.0 Å². The van der Waals surface area contributed by atoms with Crippen molar-refractivity contribution in [2.45, 2.75) is 37.6 Å². The van der Waals surface area contributed by atoms with Gasteiger partial charge >= 0.3 is 0 Å². The van der Waals surface area contributed by atoms with Crippen LogP contribution >= 0.6 is 0 Å². The minimum absolute atomic E-state index is 0.00596. The van der Waals surface area contributed by atoms with Crippen LogP contribution in [0.15, 0.2) is 12.1 Å². The highest BCUT2D eigenvalue weighted by molar-refractivity contribution is 6.02. The van der Waals surface area contributed by atoms with Crippen LogP contribution in [0.5, 0.6) is 11.5 Å². The molecule has 0 bridgehead atoms. The molecule has 2 rings (SSSR count). The minimum atomic E-state index is -1.75. The zero-order valence-corrected chi connectivity index (χ0v) is 11.3. The average Bonchev–Trinajstić information content (AvgIpc) is 2.33. The zero-order chi connectivity index (χ0) is 15.1. The molecular weight excluding hydrogens is 264 g/mol. The highest BCUT2D eigenvalue weighted by atomic mass is 16.5. The molecule has 20 heavy (non-hydrogen) atoms. The Kier molecular flexibility index (Phi) is 3.73. The largest absolute Gasteiger partial charge is 0.507 e. The second kappa shape index (κ2) is 5.05. The average molecular weight is 282 g/mol. The fourth-order valence-corrected chi connectivity index (χ4v) is 2.71. The molecule has 0 saturated carbocycles. The van der Waals surface area contributed by atoms with Gasteiger partial charge in [-0.15, -0.1) is 0 Å². The monoisotopic (exact) mass is 282 g/mol. The van der Waals surface area contributed by atoms with E-state index in [2.05, 4.69) is 0 Å². The van der Waals surface area contributed by atoms with E-state index in [0.29, 0.717) is 0 Å². The number of rotatable bonds is 3. The first-order valence-electron chi connectivity index (χ1n) is 6.31. The van der Waals surface area contributed by atoms with E-state index >= 15 is 0 Å². The summed E-state index contributed by atoms with van der Waals surface area (Å²) >= 11 is 0. The Bertz CT molecular complexity index is 539. The van der Waals surface area contributed by atoms with Crippen LogP contribution in [0.2, 0.25) is 0 Å². The first kappa shape index (κ1) is 14.8. The van der Waals surface area contributed by atoms with Gasteiger partial charge in [0.05, 0.1) is 18.8 Å². The van der Waals surface area contributed by atoms with Gasteiger partial charge < -0.3 is 25.2 Å². The van der Waals surface area contributed by atoms with E-state index in [1.165, 1.54) is 26.2 Å². The summed E-state index contributed by atoms with van der Waals surface area (Å²) in [6.45, 7) is 1.47. The van der Waals surface area contributed by atoms with E-state index in [1.54, 1.807) is 0 Å². The third-order valence-corrected chi connectivity index (χ3v) is 3.56. The number of ketones is 1. The lowest BCUT2D eigenvalue weighted by atomic mass is 9.74. The van der Waals surface area contributed by atoms with E-state index in [9.17, 15) is 25.2 Å². The van der Waals surface area contributed by atoms with Crippen molar-refractivity contribution in [2.75, 3.05) is 7.11 Å². The van der Waals surface area contributed by atoms with E-state index < -0.39 is 23.6 Å². The Morgan fingerprint density at radius 1 is 1.50 bits per heavy atom. The van der Waals surface area contributed by atoms with Crippen LogP contribution in [0, 0.1) is 0 Å². The van der Waals surface area contributed by atoms with Gasteiger partial charge in [-0.2, -0.15) is 0 Å². The van der Waals surface area contributed by atoms with Crippen LogP contribution in [0.4, 0.5) is 0 Å². The molecule has 1 aromatic rings. The highest BCUT2D eigenvalue weighted by Crippen LogP contribution is 2.44. The van der Waals surface area contributed by atoms with Crippen molar-refractivity contribution in [1.82, 2.24) is 0 Å². The second-order valence-corrected chi connectivity index (χ2v) is 5.27. The number of aromatic hydroxyl groups is 1. The van der Waals surface area contributed by atoms with E-state index in [1.807, 2.05) is 0 Å². The highest BCUT2D eigenvalue weighted by Gasteiger charge is 2.46. The van der Waals surface area contributed by atoms with Gasteiger partial charge in [-0.25, -0.2) is 0 Å². The number of hydrogen-bond donors (Lipinski definition) is 4. The van der Waals surface area contributed by atoms with Crippen molar-refractivity contribution in [3.8, 4) is 11.5 Å². The van der Waals surface area contributed by atoms with Crippen LogP contribution in [-0.2, 0) is 0 Å². The second-order valence-electron chi connectivity index (χ2n) is 5.27. The number of phenolic OH excluding ortho intramolecular Hbond substituents is 1. The van der Waals surface area contributed by atoms with Gasteiger partial charge in [-0.05, 0) is 13.0 Å². The van der Waals surface area contributed by atoms with Gasteiger partial charge in [0.1, 0.15) is 23.2 Å². The van der Waals surface area contributed by atoms with Crippen LogP contribution in [0.3, 0.4) is 0 Å².